The molecule has 0 unspecified atom stereocenters. The molecule has 8 rings (SSSR count). The molecule has 60 heavy (non-hydrogen) atoms. The number of nitrogens with zero attached hydrogens (tertiary/aromatic N) is 2. The van der Waals surface area contributed by atoms with Crippen molar-refractivity contribution in [1.82, 2.24) is 9.80 Å². The SMILES string of the molecule is CCC/C(=C\c1ccccc1O)CC[C@H]1OC[C@H]2C1=C(CO[Si](c1ccccc1)(c1ccccc1)C(C)(C)C)C[C@H]1C(=O)N(C3CCN(Cc4ccccc4)CC3)C(=O)[C@H]12. The van der Waals surface area contributed by atoms with Crippen molar-refractivity contribution in [3.63, 3.8) is 0 Å². The summed E-state index contributed by atoms with van der Waals surface area (Å²) in [6.45, 7) is 12.5. The van der Waals surface area contributed by atoms with Crippen LogP contribution in [0.2, 0.25) is 5.04 Å². The van der Waals surface area contributed by atoms with Crippen LogP contribution < -0.4 is 10.4 Å². The van der Waals surface area contributed by atoms with E-state index in [1.54, 1.807) is 11.0 Å². The second-order valence-electron chi connectivity index (χ2n) is 18.5. The quantitative estimate of drug-likeness (QED) is 0.0778. The van der Waals surface area contributed by atoms with Crippen molar-refractivity contribution in [3.8, 4) is 5.75 Å². The smallest absolute Gasteiger partial charge is 0.261 e. The van der Waals surface area contributed by atoms with Crippen LogP contribution in [0, 0.1) is 17.8 Å². The second kappa shape index (κ2) is 18.2. The van der Waals surface area contributed by atoms with Gasteiger partial charge in [-0.15, -0.1) is 0 Å². The van der Waals surface area contributed by atoms with Gasteiger partial charge in [0.05, 0.1) is 31.2 Å². The van der Waals surface area contributed by atoms with Crippen LogP contribution in [0.3, 0.4) is 0 Å². The van der Waals surface area contributed by atoms with E-state index >= 15 is 0 Å². The molecule has 3 saturated heterocycles. The number of ether oxygens (including phenoxy) is 1. The molecule has 8 heteroatoms. The first-order chi connectivity index (χ1) is 29.1. The van der Waals surface area contributed by atoms with Crippen LogP contribution in [0.25, 0.3) is 6.08 Å². The number of phenols is 1. The van der Waals surface area contributed by atoms with E-state index in [1.807, 2.05) is 24.3 Å². The molecule has 4 aliphatic rings. The Kier molecular flexibility index (Phi) is 12.7. The third-order valence-corrected chi connectivity index (χ3v) is 18.7. The number of phenolic OH excluding ortho intramolecular Hbond substituents is 1. The predicted molar refractivity (Wildman–Crippen MR) is 242 cm³/mol. The third-order valence-electron chi connectivity index (χ3n) is 13.7. The van der Waals surface area contributed by atoms with E-state index in [0.717, 1.165) is 69.3 Å². The summed E-state index contributed by atoms with van der Waals surface area (Å²) in [5.74, 6) is -0.719. The maximum absolute atomic E-state index is 14.7. The number of amides is 2. The zero-order valence-corrected chi connectivity index (χ0v) is 36.9. The number of aromatic hydroxyl groups is 1. The Morgan fingerprint density at radius 1 is 0.817 bits per heavy atom. The van der Waals surface area contributed by atoms with Gasteiger partial charge in [-0.25, -0.2) is 0 Å². The number of imide groups is 1. The summed E-state index contributed by atoms with van der Waals surface area (Å²) in [5.41, 5.74) is 5.70. The lowest BCUT2D eigenvalue weighted by atomic mass is 9.69. The minimum absolute atomic E-state index is 0.00340. The van der Waals surface area contributed by atoms with Crippen molar-refractivity contribution >= 4 is 36.6 Å². The van der Waals surface area contributed by atoms with Gasteiger partial charge in [-0.3, -0.25) is 19.4 Å². The number of fused-ring (bicyclic) bond motifs is 3. The average molecular weight is 823 g/mol. The fourth-order valence-corrected chi connectivity index (χ4v) is 15.4. The van der Waals surface area contributed by atoms with Crippen LogP contribution in [-0.2, 0) is 25.3 Å². The number of hydrogen-bond donors (Lipinski definition) is 1. The Morgan fingerprint density at radius 2 is 1.43 bits per heavy atom. The van der Waals surface area contributed by atoms with Crippen molar-refractivity contribution in [3.05, 3.63) is 143 Å². The predicted octanol–water partition coefficient (Wildman–Crippen LogP) is 8.91. The molecule has 4 aromatic rings. The van der Waals surface area contributed by atoms with Crippen molar-refractivity contribution in [2.45, 2.75) is 96.4 Å². The molecule has 4 atom stereocenters. The summed E-state index contributed by atoms with van der Waals surface area (Å²) in [5, 5.41) is 12.8. The number of carbonyl (C=O) groups is 2. The number of para-hydroxylation sites is 1. The monoisotopic (exact) mass is 822 g/mol. The molecule has 3 fully saturated rings. The van der Waals surface area contributed by atoms with Crippen LogP contribution in [0.4, 0.5) is 0 Å². The molecular formula is C52H62N2O5Si. The summed E-state index contributed by atoms with van der Waals surface area (Å²) in [4.78, 5) is 33.6. The Bertz CT molecular complexity index is 2130. The van der Waals surface area contributed by atoms with Gasteiger partial charge < -0.3 is 14.3 Å². The van der Waals surface area contributed by atoms with E-state index in [-0.39, 0.29) is 40.7 Å². The zero-order valence-electron chi connectivity index (χ0n) is 35.9. The van der Waals surface area contributed by atoms with Gasteiger partial charge in [0.2, 0.25) is 11.8 Å². The van der Waals surface area contributed by atoms with Crippen molar-refractivity contribution in [1.29, 1.82) is 0 Å². The standard InChI is InChI=1S/C52H62N2O5Si/c1-5-17-37(32-39-20-15-16-25-46(39)55)26-27-47-48-40(35-59-60(52(2,3)4,42-21-11-7-12-22-42)43-23-13-8-14-24-43)33-44-49(45(48)36-58-47)51(57)54(50(44)56)41-28-30-53(31-29-41)34-38-18-9-6-10-19-38/h6-16,18-25,32,41,44-45,47,49,55H,5,17,26-31,33-36H2,1-4H3/b37-32+/t44-,45+,47-,49-/m1/s1. The number of benzene rings is 4. The third kappa shape index (κ3) is 8.36. The Hall–Kier alpha value is -4.60. The molecule has 0 saturated carbocycles. The van der Waals surface area contributed by atoms with Crippen molar-refractivity contribution in [2.75, 3.05) is 26.3 Å². The molecule has 1 aliphatic carbocycles. The summed E-state index contributed by atoms with van der Waals surface area (Å²) in [6.07, 6.45) is 7.53. The molecule has 3 heterocycles. The van der Waals surface area contributed by atoms with Crippen molar-refractivity contribution < 1.29 is 23.9 Å². The van der Waals surface area contributed by atoms with E-state index in [9.17, 15) is 14.7 Å². The number of carbonyl (C=O) groups excluding carboxylic acids is 2. The summed E-state index contributed by atoms with van der Waals surface area (Å²) in [6, 6.07) is 39.4. The second-order valence-corrected chi connectivity index (χ2v) is 22.8. The number of likely N-dealkylation sites (tertiary alicyclic amines) is 2. The van der Waals surface area contributed by atoms with E-state index < -0.39 is 20.2 Å². The minimum atomic E-state index is -2.91. The zero-order chi connectivity index (χ0) is 41.9. The molecule has 1 N–H and O–H groups in total. The molecule has 0 spiro atoms. The van der Waals surface area contributed by atoms with E-state index in [2.05, 4.69) is 124 Å². The number of rotatable bonds is 14. The van der Waals surface area contributed by atoms with Gasteiger partial charge in [-0.05, 0) is 76.7 Å². The molecule has 0 aromatic heterocycles. The molecule has 4 aromatic carbocycles. The Balaban J connectivity index is 1.11. The Labute approximate surface area is 358 Å². The van der Waals surface area contributed by atoms with Gasteiger partial charge in [0, 0.05) is 37.2 Å². The van der Waals surface area contributed by atoms with Crippen LogP contribution in [0.5, 0.6) is 5.75 Å². The lowest BCUT2D eigenvalue weighted by molar-refractivity contribution is -0.144. The summed E-state index contributed by atoms with van der Waals surface area (Å²) >= 11 is 0. The molecule has 3 aliphatic heterocycles. The largest absolute Gasteiger partial charge is 0.507 e. The summed E-state index contributed by atoms with van der Waals surface area (Å²) < 4.78 is 14.4. The first kappa shape index (κ1) is 42.1. The molecule has 0 bridgehead atoms. The molecule has 2 amide bonds. The highest BCUT2D eigenvalue weighted by Crippen LogP contribution is 2.51. The van der Waals surface area contributed by atoms with E-state index in [4.69, 9.17) is 9.16 Å². The van der Waals surface area contributed by atoms with Gasteiger partial charge in [0.1, 0.15) is 5.75 Å². The number of allylic oxidation sites excluding steroid dienone is 1. The maximum atomic E-state index is 14.7. The highest BCUT2D eigenvalue weighted by atomic mass is 28.4. The number of piperidine rings is 1. The lowest BCUT2D eigenvalue weighted by Gasteiger charge is -2.44. The first-order valence-electron chi connectivity index (χ1n) is 22.3. The first-order valence-corrected chi connectivity index (χ1v) is 24.2. The van der Waals surface area contributed by atoms with Crippen LogP contribution in [0.1, 0.15) is 83.8 Å². The van der Waals surface area contributed by atoms with Gasteiger partial charge in [-0.1, -0.05) is 155 Å². The normalized spacial score (nSPS) is 23.0. The molecule has 7 nitrogen and oxygen atoms in total. The van der Waals surface area contributed by atoms with Crippen LogP contribution >= 0.6 is 0 Å². The van der Waals surface area contributed by atoms with Gasteiger partial charge in [0.15, 0.2) is 0 Å². The van der Waals surface area contributed by atoms with Crippen LogP contribution in [0.15, 0.2) is 132 Å². The van der Waals surface area contributed by atoms with E-state index in [1.165, 1.54) is 27.1 Å². The highest BCUT2D eigenvalue weighted by Gasteiger charge is 2.59. The fraction of sp³-hybridized carbons (Fsp3) is 0.423. The van der Waals surface area contributed by atoms with Gasteiger partial charge in [0.25, 0.3) is 8.32 Å². The summed E-state index contributed by atoms with van der Waals surface area (Å²) in [7, 11) is -2.91. The lowest BCUT2D eigenvalue weighted by Crippen LogP contribution is -2.66. The minimum Gasteiger partial charge on any atom is -0.507 e. The van der Waals surface area contributed by atoms with Crippen LogP contribution in [-0.4, -0.2) is 73.5 Å². The molecule has 0 radical (unpaired) electrons. The number of hydrogen-bond acceptors (Lipinski definition) is 6. The molecular weight excluding hydrogens is 761 g/mol. The topological polar surface area (TPSA) is 79.3 Å². The molecule has 314 valence electrons. The van der Waals surface area contributed by atoms with Gasteiger partial charge in [-0.2, -0.15) is 0 Å². The maximum Gasteiger partial charge on any atom is 0.261 e. The van der Waals surface area contributed by atoms with Crippen molar-refractivity contribution in [2.24, 2.45) is 17.8 Å². The van der Waals surface area contributed by atoms with Gasteiger partial charge >= 0.3 is 0 Å². The Morgan fingerprint density at radius 3 is 2.05 bits per heavy atom. The highest BCUT2D eigenvalue weighted by molar-refractivity contribution is 6.99. The van der Waals surface area contributed by atoms with E-state index in [0.29, 0.717) is 19.6 Å². The average Bonchev–Trinajstić information content (AvgIpc) is 3.79. The fourth-order valence-electron chi connectivity index (χ4n) is 10.9.